The van der Waals surface area contributed by atoms with Crippen LogP contribution < -0.4 is 0 Å². The second kappa shape index (κ2) is 2.53. The highest BCUT2D eigenvalue weighted by Gasteiger charge is 2.29. The van der Waals surface area contributed by atoms with E-state index in [1.165, 1.54) is 6.07 Å². The molecule has 1 aliphatic heterocycles. The molecule has 1 aromatic heterocycles. The molecule has 1 unspecified atom stereocenters. The summed E-state index contributed by atoms with van der Waals surface area (Å²) in [5.41, 5.74) is 0.410. The van der Waals surface area contributed by atoms with Gasteiger partial charge in [0, 0.05) is 10.7 Å². The largest absolute Gasteiger partial charge is 0.366 e. The highest BCUT2D eigenvalue weighted by Crippen LogP contribution is 2.30. The summed E-state index contributed by atoms with van der Waals surface area (Å²) in [6.45, 7) is 0.589. The Morgan fingerprint density at radius 2 is 2.45 bits per heavy atom. The second-order valence-corrected chi connectivity index (χ2v) is 3.26. The number of rotatable bonds is 1. The van der Waals surface area contributed by atoms with Crippen molar-refractivity contribution in [2.45, 2.75) is 6.10 Å². The number of nitrogens with zero attached hydrogens (tertiary/aromatic N) is 1. The molecule has 0 radical (unpaired) electrons. The molecular formula is C7H5BrFNO. The predicted molar refractivity (Wildman–Crippen MR) is 40.6 cm³/mol. The van der Waals surface area contributed by atoms with Crippen LogP contribution in [0.15, 0.2) is 16.7 Å². The third kappa shape index (κ3) is 1.41. The number of pyridine rings is 1. The quantitative estimate of drug-likeness (QED) is 0.674. The first-order chi connectivity index (χ1) is 5.27. The monoisotopic (exact) mass is 217 g/mol. The van der Waals surface area contributed by atoms with Crippen LogP contribution >= 0.6 is 15.9 Å². The molecule has 0 aromatic carbocycles. The fourth-order valence-electron chi connectivity index (χ4n) is 0.868. The number of halogens is 2. The van der Waals surface area contributed by atoms with Gasteiger partial charge >= 0.3 is 0 Å². The first kappa shape index (κ1) is 7.18. The van der Waals surface area contributed by atoms with Gasteiger partial charge in [-0.15, -0.1) is 0 Å². The molecule has 0 amide bonds. The van der Waals surface area contributed by atoms with Gasteiger partial charge in [0.05, 0.1) is 6.61 Å². The van der Waals surface area contributed by atoms with Gasteiger partial charge in [0.2, 0.25) is 0 Å². The van der Waals surface area contributed by atoms with E-state index in [2.05, 4.69) is 20.9 Å². The molecule has 0 N–H and O–H groups in total. The van der Waals surface area contributed by atoms with E-state index >= 15 is 0 Å². The Balaban J connectivity index is 2.39. The van der Waals surface area contributed by atoms with Crippen LogP contribution in [-0.4, -0.2) is 11.6 Å². The summed E-state index contributed by atoms with van der Waals surface area (Å²) < 4.78 is 18.5. The number of epoxide rings is 1. The maximum atomic E-state index is 13.0. The maximum Gasteiger partial charge on any atom is 0.148 e. The van der Waals surface area contributed by atoms with E-state index in [1.54, 1.807) is 6.20 Å². The van der Waals surface area contributed by atoms with E-state index in [1.807, 2.05) is 0 Å². The predicted octanol–water partition coefficient (Wildman–Crippen LogP) is 2.05. The number of hydrogen-bond donors (Lipinski definition) is 0. The molecule has 4 heteroatoms. The average Bonchev–Trinajstić information content (AvgIpc) is 2.70. The summed E-state index contributed by atoms with van der Waals surface area (Å²) in [6.07, 6.45) is 1.46. The van der Waals surface area contributed by atoms with E-state index in [4.69, 9.17) is 4.74 Å². The lowest BCUT2D eigenvalue weighted by molar-refractivity contribution is 0.402. The molecular weight excluding hydrogens is 213 g/mol. The Labute approximate surface area is 71.5 Å². The molecule has 2 nitrogen and oxygen atoms in total. The average molecular weight is 218 g/mol. The van der Waals surface area contributed by atoms with Gasteiger partial charge in [0.15, 0.2) is 0 Å². The van der Waals surface area contributed by atoms with Crippen LogP contribution in [0.3, 0.4) is 0 Å². The van der Waals surface area contributed by atoms with Crippen molar-refractivity contribution in [2.24, 2.45) is 0 Å². The van der Waals surface area contributed by atoms with Gasteiger partial charge in [-0.1, -0.05) is 0 Å². The molecule has 1 atom stereocenters. The third-order valence-corrected chi connectivity index (χ3v) is 1.91. The fourth-order valence-corrected chi connectivity index (χ4v) is 1.17. The van der Waals surface area contributed by atoms with Crippen molar-refractivity contribution in [3.63, 3.8) is 0 Å². The minimum Gasteiger partial charge on any atom is -0.366 e. The van der Waals surface area contributed by atoms with Crippen molar-refractivity contribution >= 4 is 15.9 Å². The molecule has 0 spiro atoms. The van der Waals surface area contributed by atoms with Gasteiger partial charge in [-0.25, -0.2) is 4.39 Å². The van der Waals surface area contributed by atoms with Gasteiger partial charge in [-0.05, 0) is 22.0 Å². The lowest BCUT2D eigenvalue weighted by atomic mass is 10.3. The maximum absolute atomic E-state index is 13.0. The van der Waals surface area contributed by atoms with Crippen LogP contribution in [0.4, 0.5) is 4.39 Å². The molecule has 1 fully saturated rings. The standard InChI is InChI=1S/C7H5BrFNO/c8-4-1-5(9)7(10-2-4)6-3-11-6/h1-2,6H,3H2. The van der Waals surface area contributed by atoms with E-state index in [0.29, 0.717) is 16.8 Å². The summed E-state index contributed by atoms with van der Waals surface area (Å²) in [6, 6.07) is 1.39. The third-order valence-electron chi connectivity index (χ3n) is 1.47. The van der Waals surface area contributed by atoms with E-state index < -0.39 is 0 Å². The van der Waals surface area contributed by atoms with Crippen molar-refractivity contribution < 1.29 is 9.13 Å². The van der Waals surface area contributed by atoms with Crippen molar-refractivity contribution in [3.05, 3.63) is 28.2 Å². The molecule has 1 saturated heterocycles. The lowest BCUT2D eigenvalue weighted by Crippen LogP contribution is -1.92. The highest BCUT2D eigenvalue weighted by molar-refractivity contribution is 9.10. The smallest absolute Gasteiger partial charge is 0.148 e. The summed E-state index contributed by atoms with van der Waals surface area (Å²) in [7, 11) is 0. The molecule has 1 aromatic rings. The van der Waals surface area contributed by atoms with Gasteiger partial charge in [0.1, 0.15) is 17.6 Å². The molecule has 1 aliphatic rings. The zero-order valence-electron chi connectivity index (χ0n) is 5.55. The van der Waals surface area contributed by atoms with Crippen LogP contribution in [0.2, 0.25) is 0 Å². The highest BCUT2D eigenvalue weighted by atomic mass is 79.9. The Bertz CT molecular complexity index is 288. The van der Waals surface area contributed by atoms with Gasteiger partial charge in [0.25, 0.3) is 0 Å². The minimum atomic E-state index is -0.304. The summed E-state index contributed by atoms with van der Waals surface area (Å²) in [5.74, 6) is -0.304. The SMILES string of the molecule is Fc1cc(Br)cnc1C1CO1. The van der Waals surface area contributed by atoms with Crippen molar-refractivity contribution in [3.8, 4) is 0 Å². The van der Waals surface area contributed by atoms with Crippen LogP contribution in [-0.2, 0) is 4.74 Å². The Morgan fingerprint density at radius 1 is 1.73 bits per heavy atom. The normalized spacial score (nSPS) is 21.8. The van der Waals surface area contributed by atoms with Crippen LogP contribution in [0.1, 0.15) is 11.8 Å². The molecule has 2 rings (SSSR count). The topological polar surface area (TPSA) is 25.4 Å². The Morgan fingerprint density at radius 3 is 3.00 bits per heavy atom. The molecule has 0 aliphatic carbocycles. The van der Waals surface area contributed by atoms with E-state index in [9.17, 15) is 4.39 Å². The summed E-state index contributed by atoms with van der Waals surface area (Å²) in [4.78, 5) is 3.89. The second-order valence-electron chi connectivity index (χ2n) is 2.34. The summed E-state index contributed by atoms with van der Waals surface area (Å²) >= 11 is 3.12. The van der Waals surface area contributed by atoms with E-state index in [0.717, 1.165) is 0 Å². The summed E-state index contributed by atoms with van der Waals surface area (Å²) in [5, 5.41) is 0. The van der Waals surface area contributed by atoms with Crippen LogP contribution in [0.5, 0.6) is 0 Å². The number of hydrogen-bond acceptors (Lipinski definition) is 2. The first-order valence-electron chi connectivity index (χ1n) is 3.20. The first-order valence-corrected chi connectivity index (χ1v) is 3.99. The molecule has 0 bridgehead atoms. The minimum absolute atomic E-state index is 0.108. The fraction of sp³-hybridized carbons (Fsp3) is 0.286. The van der Waals surface area contributed by atoms with Gasteiger partial charge < -0.3 is 4.74 Å². The molecule has 2 heterocycles. The van der Waals surface area contributed by atoms with Crippen molar-refractivity contribution in [1.29, 1.82) is 0 Å². The number of aromatic nitrogens is 1. The van der Waals surface area contributed by atoms with E-state index in [-0.39, 0.29) is 11.9 Å². The lowest BCUT2D eigenvalue weighted by Gasteiger charge is -1.96. The van der Waals surface area contributed by atoms with Crippen LogP contribution in [0, 0.1) is 5.82 Å². The molecule has 0 saturated carbocycles. The van der Waals surface area contributed by atoms with Gasteiger partial charge in [-0.2, -0.15) is 0 Å². The molecule has 11 heavy (non-hydrogen) atoms. The van der Waals surface area contributed by atoms with Gasteiger partial charge in [-0.3, -0.25) is 4.98 Å². The Hall–Kier alpha value is -0.480. The zero-order chi connectivity index (χ0) is 7.84. The number of ether oxygens (including phenoxy) is 1. The zero-order valence-corrected chi connectivity index (χ0v) is 7.14. The van der Waals surface area contributed by atoms with Crippen LogP contribution in [0.25, 0.3) is 0 Å². The van der Waals surface area contributed by atoms with Crippen molar-refractivity contribution in [2.75, 3.05) is 6.61 Å². The Kier molecular flexibility index (Phi) is 1.65. The van der Waals surface area contributed by atoms with Crippen molar-refractivity contribution in [1.82, 2.24) is 4.98 Å². The molecule has 58 valence electrons.